The van der Waals surface area contributed by atoms with Gasteiger partial charge in [0.05, 0.1) is 11.1 Å². The minimum absolute atomic E-state index is 0.0158. The van der Waals surface area contributed by atoms with Gasteiger partial charge in [-0.3, -0.25) is 14.9 Å². The molecule has 27 heavy (non-hydrogen) atoms. The van der Waals surface area contributed by atoms with Crippen LogP contribution in [0.3, 0.4) is 0 Å². The molecule has 0 bridgehead atoms. The van der Waals surface area contributed by atoms with E-state index in [0.29, 0.717) is 27.1 Å². The molecule has 1 heterocycles. The molecule has 0 saturated heterocycles. The van der Waals surface area contributed by atoms with Gasteiger partial charge in [-0.1, -0.05) is 18.2 Å². The van der Waals surface area contributed by atoms with Crippen LogP contribution in [0, 0.1) is 17.0 Å². The first-order chi connectivity index (χ1) is 13.0. The maximum atomic E-state index is 12.1. The number of nitro benzene ring substituents is 1. The summed E-state index contributed by atoms with van der Waals surface area (Å²) in [6.45, 7) is 1.85. The number of hydrazone groups is 1. The van der Waals surface area contributed by atoms with Gasteiger partial charge in [-0.2, -0.15) is 5.10 Å². The van der Waals surface area contributed by atoms with Crippen molar-refractivity contribution in [1.29, 1.82) is 0 Å². The topological polar surface area (TPSA) is 97.7 Å². The Morgan fingerprint density at radius 1 is 1.22 bits per heavy atom. The summed E-state index contributed by atoms with van der Waals surface area (Å²) in [4.78, 5) is 22.4. The fourth-order valence-corrected chi connectivity index (χ4v) is 2.99. The summed E-state index contributed by atoms with van der Waals surface area (Å²) >= 11 is 3.31. The Morgan fingerprint density at radius 3 is 2.70 bits per heavy atom. The number of rotatable bonds is 5. The van der Waals surface area contributed by atoms with Gasteiger partial charge in [0.1, 0.15) is 11.5 Å². The van der Waals surface area contributed by atoms with Crippen molar-refractivity contribution in [3.05, 3.63) is 86.1 Å². The van der Waals surface area contributed by atoms with Crippen LogP contribution in [0.2, 0.25) is 0 Å². The van der Waals surface area contributed by atoms with Gasteiger partial charge in [0.25, 0.3) is 11.6 Å². The number of nitrogens with one attached hydrogen (secondary N) is 1. The number of nitro groups is 1. The van der Waals surface area contributed by atoms with Crippen LogP contribution in [-0.2, 0) is 0 Å². The highest BCUT2D eigenvalue weighted by molar-refractivity contribution is 9.10. The van der Waals surface area contributed by atoms with E-state index in [0.717, 1.165) is 5.56 Å². The summed E-state index contributed by atoms with van der Waals surface area (Å²) in [5, 5.41) is 14.7. The Morgan fingerprint density at radius 2 is 2.00 bits per heavy atom. The third-order valence-electron chi connectivity index (χ3n) is 3.80. The van der Waals surface area contributed by atoms with E-state index in [-0.39, 0.29) is 11.6 Å². The summed E-state index contributed by atoms with van der Waals surface area (Å²) in [5.74, 6) is 0.637. The molecule has 0 spiro atoms. The van der Waals surface area contributed by atoms with Crippen LogP contribution < -0.4 is 5.43 Å². The van der Waals surface area contributed by atoms with Crippen LogP contribution in [0.1, 0.15) is 21.7 Å². The van der Waals surface area contributed by atoms with E-state index >= 15 is 0 Å². The van der Waals surface area contributed by atoms with Gasteiger partial charge < -0.3 is 4.42 Å². The van der Waals surface area contributed by atoms with Crippen molar-refractivity contribution < 1.29 is 14.1 Å². The van der Waals surface area contributed by atoms with Crippen LogP contribution in [0.25, 0.3) is 11.3 Å². The van der Waals surface area contributed by atoms with E-state index in [1.54, 1.807) is 30.3 Å². The zero-order chi connectivity index (χ0) is 19.4. The van der Waals surface area contributed by atoms with Crippen molar-refractivity contribution in [3.8, 4) is 11.3 Å². The second-order valence-electron chi connectivity index (χ2n) is 5.64. The molecular formula is C19H14BrN3O4. The van der Waals surface area contributed by atoms with Crippen molar-refractivity contribution in [3.63, 3.8) is 0 Å². The number of carbonyl (C=O) groups is 1. The van der Waals surface area contributed by atoms with Gasteiger partial charge in [-0.15, -0.1) is 0 Å². The Bertz CT molecular complexity index is 1040. The van der Waals surface area contributed by atoms with E-state index < -0.39 is 4.92 Å². The van der Waals surface area contributed by atoms with E-state index in [4.69, 9.17) is 4.42 Å². The van der Waals surface area contributed by atoms with Gasteiger partial charge in [0.15, 0.2) is 0 Å². The normalized spacial score (nSPS) is 10.9. The molecule has 1 amide bonds. The van der Waals surface area contributed by atoms with Crippen LogP contribution in [-0.4, -0.2) is 17.0 Å². The number of halogens is 1. The third kappa shape index (κ3) is 4.29. The highest BCUT2D eigenvalue weighted by atomic mass is 79.9. The molecule has 7 nitrogen and oxygen atoms in total. The summed E-state index contributed by atoms with van der Waals surface area (Å²) < 4.78 is 6.21. The Labute approximate surface area is 163 Å². The number of carbonyl (C=O) groups excluding carboxylic acids is 1. The van der Waals surface area contributed by atoms with Crippen molar-refractivity contribution >= 4 is 33.7 Å². The Hall–Kier alpha value is -3.26. The molecule has 0 unspecified atom stereocenters. The summed E-state index contributed by atoms with van der Waals surface area (Å²) in [5.41, 5.74) is 4.51. The smallest absolute Gasteiger partial charge is 0.271 e. The number of non-ortho nitro benzene ring substituents is 1. The number of nitrogens with zero attached hydrogens (tertiary/aromatic N) is 2. The molecule has 0 aliphatic carbocycles. The molecule has 8 heteroatoms. The maximum absolute atomic E-state index is 12.1. The molecule has 2 aromatic carbocycles. The van der Waals surface area contributed by atoms with Crippen LogP contribution >= 0.6 is 15.9 Å². The first-order valence-corrected chi connectivity index (χ1v) is 8.68. The molecule has 3 rings (SSSR count). The van der Waals surface area contributed by atoms with Crippen molar-refractivity contribution in [1.82, 2.24) is 5.43 Å². The van der Waals surface area contributed by atoms with Gasteiger partial charge in [0.2, 0.25) is 0 Å². The van der Waals surface area contributed by atoms with Crippen LogP contribution in [0.4, 0.5) is 5.69 Å². The first kappa shape index (κ1) is 18.5. The zero-order valence-electron chi connectivity index (χ0n) is 14.2. The lowest BCUT2D eigenvalue weighted by Gasteiger charge is -2.02. The quantitative estimate of drug-likeness (QED) is 0.362. The van der Waals surface area contributed by atoms with Crippen molar-refractivity contribution in [2.24, 2.45) is 5.10 Å². The molecular weight excluding hydrogens is 414 g/mol. The predicted molar refractivity (Wildman–Crippen MR) is 105 cm³/mol. The van der Waals surface area contributed by atoms with Gasteiger partial charge >= 0.3 is 0 Å². The number of furan rings is 1. The molecule has 0 atom stereocenters. The molecule has 3 aromatic rings. The molecule has 0 aliphatic rings. The summed E-state index contributed by atoms with van der Waals surface area (Å²) in [6.07, 6.45) is 1.39. The van der Waals surface area contributed by atoms with E-state index in [1.807, 2.05) is 19.1 Å². The molecule has 0 fully saturated rings. The van der Waals surface area contributed by atoms with Crippen molar-refractivity contribution in [2.45, 2.75) is 6.92 Å². The standard InChI is InChI=1S/C19H14BrN3O4/c1-12-4-2-3-5-15(12)19(24)22-21-11-14-7-9-18(27-14)16-8-6-13(23(25)26)10-17(16)20/h2-11H,1H3,(H,22,24)/b21-11-. The highest BCUT2D eigenvalue weighted by Gasteiger charge is 2.13. The number of hydrogen-bond acceptors (Lipinski definition) is 5. The van der Waals surface area contributed by atoms with E-state index in [1.165, 1.54) is 18.3 Å². The Kier molecular flexibility index (Phi) is 5.46. The zero-order valence-corrected chi connectivity index (χ0v) is 15.8. The average Bonchev–Trinajstić information content (AvgIpc) is 3.10. The minimum Gasteiger partial charge on any atom is -0.455 e. The van der Waals surface area contributed by atoms with Gasteiger partial charge in [-0.25, -0.2) is 5.43 Å². The lowest BCUT2D eigenvalue weighted by atomic mass is 10.1. The number of aryl methyl sites for hydroxylation is 1. The summed E-state index contributed by atoms with van der Waals surface area (Å²) in [6, 6.07) is 15.0. The fourth-order valence-electron chi connectivity index (χ4n) is 2.43. The molecule has 136 valence electrons. The fraction of sp³-hybridized carbons (Fsp3) is 0.0526. The Balaban J connectivity index is 1.71. The molecule has 0 saturated carbocycles. The number of amides is 1. The second kappa shape index (κ2) is 7.96. The largest absolute Gasteiger partial charge is 0.455 e. The summed E-state index contributed by atoms with van der Waals surface area (Å²) in [7, 11) is 0. The lowest BCUT2D eigenvalue weighted by molar-refractivity contribution is -0.384. The van der Waals surface area contributed by atoms with Gasteiger partial charge in [-0.05, 0) is 52.7 Å². The highest BCUT2D eigenvalue weighted by Crippen LogP contribution is 2.32. The minimum atomic E-state index is -0.466. The van der Waals surface area contributed by atoms with Crippen molar-refractivity contribution in [2.75, 3.05) is 0 Å². The predicted octanol–water partition coefficient (Wildman–Crippen LogP) is 4.69. The van der Waals surface area contributed by atoms with E-state index in [9.17, 15) is 14.9 Å². The van der Waals surface area contributed by atoms with Crippen LogP contribution in [0.15, 0.2) is 68.6 Å². The second-order valence-corrected chi connectivity index (χ2v) is 6.49. The molecule has 1 N–H and O–H groups in total. The third-order valence-corrected chi connectivity index (χ3v) is 4.46. The SMILES string of the molecule is Cc1ccccc1C(=O)N/N=C\c1ccc(-c2ccc([N+](=O)[O-])cc2Br)o1. The lowest BCUT2D eigenvalue weighted by Crippen LogP contribution is -2.18. The van der Waals surface area contributed by atoms with Crippen LogP contribution in [0.5, 0.6) is 0 Å². The maximum Gasteiger partial charge on any atom is 0.271 e. The number of benzene rings is 2. The monoisotopic (exact) mass is 427 g/mol. The molecule has 1 aromatic heterocycles. The van der Waals surface area contributed by atoms with E-state index in [2.05, 4.69) is 26.5 Å². The first-order valence-electron chi connectivity index (χ1n) is 7.89. The van der Waals surface area contributed by atoms with Gasteiger partial charge in [0, 0.05) is 27.7 Å². The number of hydrogen-bond donors (Lipinski definition) is 1. The molecule has 0 radical (unpaired) electrons. The average molecular weight is 428 g/mol. The molecule has 0 aliphatic heterocycles.